The Morgan fingerprint density at radius 2 is 0.754 bits per heavy atom. The van der Waals surface area contributed by atoms with Gasteiger partial charge in [-0.25, -0.2) is 0 Å². The highest BCUT2D eigenvalue weighted by Crippen LogP contribution is 2.54. The average molecular weight is 730 g/mol. The molecule has 57 heavy (non-hydrogen) atoms. The Bertz CT molecular complexity index is 2970. The van der Waals surface area contributed by atoms with E-state index in [1.807, 2.05) is 0 Å². The second-order valence-electron chi connectivity index (χ2n) is 16.9. The lowest BCUT2D eigenvalue weighted by atomic mass is 9.82. The predicted octanol–water partition coefficient (Wildman–Crippen LogP) is 15.4. The Morgan fingerprint density at radius 1 is 0.316 bits per heavy atom. The van der Waals surface area contributed by atoms with E-state index in [2.05, 4.69) is 221 Å². The fourth-order valence-electron chi connectivity index (χ4n) is 10.1. The highest BCUT2D eigenvalue weighted by Gasteiger charge is 2.38. The van der Waals surface area contributed by atoms with Crippen LogP contribution in [0, 0.1) is 0 Å². The zero-order chi connectivity index (χ0) is 38.5. The van der Waals surface area contributed by atoms with Crippen LogP contribution in [0.5, 0.6) is 0 Å². The molecule has 1 nitrogen and oxygen atoms in total. The number of rotatable bonds is 5. The summed E-state index contributed by atoms with van der Waals surface area (Å²) in [6.07, 6.45) is 0. The van der Waals surface area contributed by atoms with Crippen molar-refractivity contribution in [3.05, 3.63) is 210 Å². The molecule has 0 radical (unpaired) electrons. The van der Waals surface area contributed by atoms with Gasteiger partial charge in [0.2, 0.25) is 0 Å². The Labute approximate surface area is 335 Å². The summed E-state index contributed by atoms with van der Waals surface area (Å²) < 4.78 is 0. The molecule has 1 heteroatoms. The number of hydrogen-bond donors (Lipinski definition) is 0. The van der Waals surface area contributed by atoms with E-state index in [0.29, 0.717) is 0 Å². The number of benzene rings is 9. The zero-order valence-corrected chi connectivity index (χ0v) is 32.8. The maximum atomic E-state index is 2.53. The van der Waals surface area contributed by atoms with Gasteiger partial charge in [-0.1, -0.05) is 179 Å². The third-order valence-electron chi connectivity index (χ3n) is 13.1. The van der Waals surface area contributed by atoms with Crippen LogP contribution in [-0.4, -0.2) is 0 Å². The third kappa shape index (κ3) is 5.02. The maximum absolute atomic E-state index is 2.53. The van der Waals surface area contributed by atoms with Gasteiger partial charge in [-0.15, -0.1) is 0 Å². The van der Waals surface area contributed by atoms with Crippen LogP contribution >= 0.6 is 0 Å². The summed E-state index contributed by atoms with van der Waals surface area (Å²) in [5, 5.41) is 4.98. The van der Waals surface area contributed by atoms with Crippen molar-refractivity contribution in [3.63, 3.8) is 0 Å². The molecule has 0 atom stereocenters. The van der Waals surface area contributed by atoms with Crippen molar-refractivity contribution in [2.45, 2.75) is 38.5 Å². The molecule has 0 saturated heterocycles. The van der Waals surface area contributed by atoms with Crippen LogP contribution in [0.3, 0.4) is 0 Å². The first-order chi connectivity index (χ1) is 27.8. The molecule has 2 aliphatic rings. The van der Waals surface area contributed by atoms with Crippen molar-refractivity contribution in [1.82, 2.24) is 0 Å². The third-order valence-corrected chi connectivity index (χ3v) is 13.1. The largest absolute Gasteiger partial charge is 0.310 e. The monoisotopic (exact) mass is 729 g/mol. The topological polar surface area (TPSA) is 3.24 Å². The minimum absolute atomic E-state index is 0.133. The molecule has 11 rings (SSSR count). The SMILES string of the molecule is CC1(C)c2ccccc2-c2ccc(N(c3ccc4c(c3)C(C)(C)c3ccccc3-4)c3ccc(-c4cccc5ccccc45)cc3-c3cccc4ccccc34)cc21. The first-order valence-electron chi connectivity index (χ1n) is 20.2. The highest BCUT2D eigenvalue weighted by molar-refractivity contribution is 6.04. The van der Waals surface area contributed by atoms with Gasteiger partial charge in [0.25, 0.3) is 0 Å². The van der Waals surface area contributed by atoms with Crippen LogP contribution < -0.4 is 4.90 Å². The average Bonchev–Trinajstić information content (AvgIpc) is 3.62. The smallest absolute Gasteiger partial charge is 0.0540 e. The minimum Gasteiger partial charge on any atom is -0.310 e. The zero-order valence-electron chi connectivity index (χ0n) is 32.8. The van der Waals surface area contributed by atoms with Gasteiger partial charge >= 0.3 is 0 Å². The summed E-state index contributed by atoms with van der Waals surface area (Å²) in [7, 11) is 0. The van der Waals surface area contributed by atoms with Crippen LogP contribution in [0.4, 0.5) is 17.1 Å². The lowest BCUT2D eigenvalue weighted by Crippen LogP contribution is -2.18. The van der Waals surface area contributed by atoms with E-state index in [4.69, 9.17) is 0 Å². The number of anilines is 3. The molecule has 2 aliphatic carbocycles. The lowest BCUT2D eigenvalue weighted by molar-refractivity contribution is 0.660. The highest BCUT2D eigenvalue weighted by atomic mass is 15.1. The maximum Gasteiger partial charge on any atom is 0.0540 e. The molecule has 0 N–H and O–H groups in total. The lowest BCUT2D eigenvalue weighted by Gasteiger charge is -2.31. The van der Waals surface area contributed by atoms with E-state index < -0.39 is 0 Å². The molecular weight excluding hydrogens is 687 g/mol. The van der Waals surface area contributed by atoms with Crippen LogP contribution in [0.25, 0.3) is 66.1 Å². The van der Waals surface area contributed by atoms with Crippen LogP contribution in [-0.2, 0) is 10.8 Å². The Balaban J connectivity index is 1.20. The number of fused-ring (bicyclic) bond motifs is 8. The van der Waals surface area contributed by atoms with Crippen molar-refractivity contribution in [2.24, 2.45) is 0 Å². The van der Waals surface area contributed by atoms with Crippen molar-refractivity contribution in [2.75, 3.05) is 4.90 Å². The van der Waals surface area contributed by atoms with Crippen LogP contribution in [0.2, 0.25) is 0 Å². The summed E-state index contributed by atoms with van der Waals surface area (Å²) in [5.41, 5.74) is 18.9. The van der Waals surface area contributed by atoms with Gasteiger partial charge in [-0.2, -0.15) is 0 Å². The molecule has 9 aromatic carbocycles. The molecule has 272 valence electrons. The molecule has 0 unspecified atom stereocenters. The van der Waals surface area contributed by atoms with E-state index in [-0.39, 0.29) is 10.8 Å². The first kappa shape index (κ1) is 33.6. The molecule has 0 aliphatic heterocycles. The van der Waals surface area contributed by atoms with Gasteiger partial charge < -0.3 is 4.90 Å². The molecule has 9 aromatic rings. The molecule has 0 fully saturated rings. The van der Waals surface area contributed by atoms with E-state index in [9.17, 15) is 0 Å². The summed E-state index contributed by atoms with van der Waals surface area (Å²) in [6.45, 7) is 9.51. The molecule has 0 aromatic heterocycles. The Morgan fingerprint density at radius 3 is 1.33 bits per heavy atom. The van der Waals surface area contributed by atoms with E-state index >= 15 is 0 Å². The van der Waals surface area contributed by atoms with Crippen LogP contribution in [0.15, 0.2) is 188 Å². The molecule has 0 bridgehead atoms. The summed E-state index contributed by atoms with van der Waals surface area (Å²) in [4.78, 5) is 2.53. The first-order valence-corrected chi connectivity index (χ1v) is 20.2. The van der Waals surface area contributed by atoms with E-state index in [1.165, 1.54) is 88.3 Å². The predicted molar refractivity (Wildman–Crippen MR) is 242 cm³/mol. The van der Waals surface area contributed by atoms with Gasteiger partial charge in [0.1, 0.15) is 0 Å². The summed E-state index contributed by atoms with van der Waals surface area (Å²) in [5.74, 6) is 0. The number of nitrogens with zero attached hydrogens (tertiary/aromatic N) is 1. The minimum atomic E-state index is -0.133. The second-order valence-corrected chi connectivity index (χ2v) is 16.9. The van der Waals surface area contributed by atoms with Crippen LogP contribution in [0.1, 0.15) is 49.9 Å². The molecule has 0 spiro atoms. The van der Waals surface area contributed by atoms with Crippen molar-refractivity contribution in [1.29, 1.82) is 0 Å². The summed E-state index contributed by atoms with van der Waals surface area (Å²) >= 11 is 0. The van der Waals surface area contributed by atoms with Crippen molar-refractivity contribution < 1.29 is 0 Å². The number of hydrogen-bond acceptors (Lipinski definition) is 1. The fourth-order valence-corrected chi connectivity index (χ4v) is 10.1. The molecular formula is C56H43N. The normalized spacial score (nSPS) is 14.2. The van der Waals surface area contributed by atoms with E-state index in [1.54, 1.807) is 0 Å². The summed E-state index contributed by atoms with van der Waals surface area (Å²) in [6, 6.07) is 70.3. The van der Waals surface area contributed by atoms with Gasteiger partial charge in [0.15, 0.2) is 0 Å². The Hall–Kier alpha value is -6.70. The van der Waals surface area contributed by atoms with Crippen molar-refractivity contribution in [3.8, 4) is 44.5 Å². The van der Waals surface area contributed by atoms with E-state index in [0.717, 1.165) is 17.1 Å². The molecule has 0 saturated carbocycles. The van der Waals surface area contributed by atoms with Gasteiger partial charge in [0.05, 0.1) is 5.69 Å². The molecule has 0 heterocycles. The molecule has 0 amide bonds. The fraction of sp³-hybridized carbons (Fsp3) is 0.107. The van der Waals surface area contributed by atoms with Gasteiger partial charge in [-0.05, 0) is 119 Å². The second kappa shape index (κ2) is 12.4. The van der Waals surface area contributed by atoms with Gasteiger partial charge in [0, 0.05) is 27.8 Å². The van der Waals surface area contributed by atoms with Gasteiger partial charge in [-0.3, -0.25) is 0 Å². The quantitative estimate of drug-likeness (QED) is 0.170. The Kier molecular flexibility index (Phi) is 7.32. The van der Waals surface area contributed by atoms with Crippen molar-refractivity contribution >= 4 is 38.6 Å². The standard InChI is InChI=1S/C56H43N/c1-55(2)50-25-11-9-21-45(50)47-30-28-39(34-52(47)55)57(40-29-31-48-46-22-10-12-26-51(46)56(3,4)53(48)35-40)54-32-27-38(43-23-13-17-36-15-5-7-19-41(36)43)33-49(54)44-24-14-18-37-16-6-8-20-42(37)44/h5-35H,1-4H3.